The predicted molar refractivity (Wildman–Crippen MR) is 122 cm³/mol. The number of rotatable bonds is 7. The molecule has 1 aliphatic rings. The number of halogens is 4. The van der Waals surface area contributed by atoms with E-state index in [9.17, 15) is 27.6 Å². The SMILES string of the molecule is O=C(c1ccccc1)n1c(=O)ccn([C@H]2C[C@H](OCc3ccc(Cl)cc3)[C@@H](COC(F)(F)F)O2)c1=O. The number of ether oxygens (including phenoxy) is 3. The van der Waals surface area contributed by atoms with E-state index in [0.29, 0.717) is 9.59 Å². The fraction of sp³-hybridized carbons (Fsp3) is 0.292. The first kappa shape index (κ1) is 25.8. The van der Waals surface area contributed by atoms with Gasteiger partial charge in [-0.25, -0.2) is 4.79 Å². The van der Waals surface area contributed by atoms with Gasteiger partial charge in [0.05, 0.1) is 19.3 Å². The zero-order valence-corrected chi connectivity index (χ0v) is 19.3. The second-order valence-electron chi connectivity index (χ2n) is 7.95. The molecule has 1 aromatic heterocycles. The molecule has 0 bridgehead atoms. The lowest BCUT2D eigenvalue weighted by Gasteiger charge is -2.20. The highest BCUT2D eigenvalue weighted by atomic mass is 35.5. The number of carbonyl (C=O) groups excluding carboxylic acids is 1. The summed E-state index contributed by atoms with van der Waals surface area (Å²) in [5.41, 5.74) is -1.01. The summed E-state index contributed by atoms with van der Waals surface area (Å²) in [6.45, 7) is -0.829. The highest BCUT2D eigenvalue weighted by Crippen LogP contribution is 2.32. The standard InChI is InChI=1S/C24H20ClF3N2O6/c25-17-8-6-15(7-9-17)13-34-18-12-21(36-19(18)14-35-24(26,27)28)29-11-10-20(31)30(23(29)33)22(32)16-4-2-1-3-5-16/h1-11,18-19,21H,12-14H2/t18-,19+,21+/m0/s1. The molecule has 8 nitrogen and oxygen atoms in total. The maximum absolute atomic E-state index is 13.1. The highest BCUT2D eigenvalue weighted by molar-refractivity contribution is 6.30. The number of hydrogen-bond acceptors (Lipinski definition) is 6. The fourth-order valence-electron chi connectivity index (χ4n) is 3.77. The summed E-state index contributed by atoms with van der Waals surface area (Å²) >= 11 is 5.87. The smallest absolute Gasteiger partial charge is 0.371 e. The van der Waals surface area contributed by atoms with E-state index in [-0.39, 0.29) is 18.6 Å². The van der Waals surface area contributed by atoms with Gasteiger partial charge in [0.1, 0.15) is 12.3 Å². The van der Waals surface area contributed by atoms with Crippen LogP contribution in [-0.2, 0) is 20.8 Å². The first-order valence-electron chi connectivity index (χ1n) is 10.8. The van der Waals surface area contributed by atoms with Crippen LogP contribution in [0.15, 0.2) is 76.4 Å². The van der Waals surface area contributed by atoms with Gasteiger partial charge < -0.3 is 9.47 Å². The molecule has 36 heavy (non-hydrogen) atoms. The maximum Gasteiger partial charge on any atom is 0.522 e. The van der Waals surface area contributed by atoms with Crippen molar-refractivity contribution in [3.63, 3.8) is 0 Å². The summed E-state index contributed by atoms with van der Waals surface area (Å²) in [6, 6.07) is 15.4. The molecule has 2 heterocycles. The average Bonchev–Trinajstić information content (AvgIpc) is 3.25. The number of aromatic nitrogens is 2. The molecule has 0 aliphatic carbocycles. The predicted octanol–water partition coefficient (Wildman–Crippen LogP) is 3.76. The van der Waals surface area contributed by atoms with Crippen molar-refractivity contribution in [3.05, 3.63) is 104 Å². The van der Waals surface area contributed by atoms with Crippen LogP contribution in [-0.4, -0.2) is 40.2 Å². The summed E-state index contributed by atoms with van der Waals surface area (Å²) < 4.78 is 54.9. The minimum atomic E-state index is -4.89. The van der Waals surface area contributed by atoms with E-state index in [4.69, 9.17) is 21.1 Å². The molecule has 2 aromatic carbocycles. The van der Waals surface area contributed by atoms with Gasteiger partial charge in [0, 0.05) is 29.3 Å². The fourth-order valence-corrected chi connectivity index (χ4v) is 3.89. The largest absolute Gasteiger partial charge is 0.522 e. The van der Waals surface area contributed by atoms with Crippen LogP contribution in [0.25, 0.3) is 0 Å². The van der Waals surface area contributed by atoms with Crippen LogP contribution in [0, 0.1) is 0 Å². The minimum absolute atomic E-state index is 0.0306. The number of hydrogen-bond donors (Lipinski definition) is 0. The van der Waals surface area contributed by atoms with E-state index < -0.39 is 48.6 Å². The van der Waals surface area contributed by atoms with E-state index in [1.165, 1.54) is 12.1 Å². The first-order valence-corrected chi connectivity index (χ1v) is 11.2. The Morgan fingerprint density at radius 3 is 2.42 bits per heavy atom. The summed E-state index contributed by atoms with van der Waals surface area (Å²) in [5.74, 6) is -0.842. The molecule has 12 heteroatoms. The van der Waals surface area contributed by atoms with Crippen molar-refractivity contribution >= 4 is 17.5 Å². The monoisotopic (exact) mass is 524 g/mol. The Morgan fingerprint density at radius 1 is 1.06 bits per heavy atom. The Bertz CT molecular complexity index is 1320. The molecule has 0 amide bonds. The lowest BCUT2D eigenvalue weighted by molar-refractivity contribution is -0.333. The van der Waals surface area contributed by atoms with Gasteiger partial charge in [0.2, 0.25) is 0 Å². The zero-order valence-electron chi connectivity index (χ0n) is 18.6. The van der Waals surface area contributed by atoms with Crippen LogP contribution >= 0.6 is 11.6 Å². The normalized spacial score (nSPS) is 19.9. The minimum Gasteiger partial charge on any atom is -0.371 e. The summed E-state index contributed by atoms with van der Waals surface area (Å²) in [4.78, 5) is 38.3. The van der Waals surface area contributed by atoms with Gasteiger partial charge in [-0.15, -0.1) is 13.2 Å². The first-order chi connectivity index (χ1) is 17.1. The Morgan fingerprint density at radius 2 is 1.75 bits per heavy atom. The number of benzene rings is 2. The molecule has 1 fully saturated rings. The Labute approximate surface area is 207 Å². The molecule has 0 unspecified atom stereocenters. The summed E-state index contributed by atoms with van der Waals surface area (Å²) in [5, 5.41) is 0.513. The van der Waals surface area contributed by atoms with Crippen molar-refractivity contribution in [2.75, 3.05) is 6.61 Å². The van der Waals surface area contributed by atoms with Gasteiger partial charge in [-0.3, -0.25) is 18.9 Å². The van der Waals surface area contributed by atoms with Crippen molar-refractivity contribution in [1.82, 2.24) is 9.13 Å². The number of carbonyl (C=O) groups is 1. The average molecular weight is 525 g/mol. The van der Waals surface area contributed by atoms with E-state index >= 15 is 0 Å². The second kappa shape index (κ2) is 10.8. The van der Waals surface area contributed by atoms with Crippen LogP contribution in [0.2, 0.25) is 5.02 Å². The third kappa shape index (κ3) is 6.11. The van der Waals surface area contributed by atoms with Gasteiger partial charge in [-0.1, -0.05) is 41.9 Å². The molecular formula is C24H20ClF3N2O6. The molecule has 3 atom stereocenters. The van der Waals surface area contributed by atoms with Crippen molar-refractivity contribution < 1.29 is 32.2 Å². The lowest BCUT2D eigenvalue weighted by Crippen LogP contribution is -2.44. The third-order valence-electron chi connectivity index (χ3n) is 5.51. The molecule has 4 rings (SSSR count). The van der Waals surface area contributed by atoms with Crippen molar-refractivity contribution in [2.24, 2.45) is 0 Å². The number of nitrogens with zero attached hydrogens (tertiary/aromatic N) is 2. The van der Waals surface area contributed by atoms with Crippen LogP contribution < -0.4 is 11.2 Å². The van der Waals surface area contributed by atoms with E-state index in [0.717, 1.165) is 22.4 Å². The Balaban J connectivity index is 1.58. The van der Waals surface area contributed by atoms with Gasteiger partial charge in [-0.2, -0.15) is 4.57 Å². The highest BCUT2D eigenvalue weighted by Gasteiger charge is 2.41. The van der Waals surface area contributed by atoms with Crippen molar-refractivity contribution in [2.45, 2.75) is 37.8 Å². The molecule has 1 saturated heterocycles. The van der Waals surface area contributed by atoms with Gasteiger partial charge in [0.25, 0.3) is 11.5 Å². The molecule has 3 aromatic rings. The zero-order chi connectivity index (χ0) is 25.9. The van der Waals surface area contributed by atoms with Gasteiger partial charge in [0.15, 0.2) is 0 Å². The van der Waals surface area contributed by atoms with Crippen LogP contribution in [0.5, 0.6) is 0 Å². The molecule has 0 N–H and O–H groups in total. The molecule has 1 aliphatic heterocycles. The van der Waals surface area contributed by atoms with Crippen LogP contribution in [0.3, 0.4) is 0 Å². The lowest BCUT2D eigenvalue weighted by atomic mass is 10.1. The Hall–Kier alpha value is -3.25. The third-order valence-corrected chi connectivity index (χ3v) is 5.77. The Kier molecular flexibility index (Phi) is 7.74. The van der Waals surface area contributed by atoms with Crippen molar-refractivity contribution in [1.29, 1.82) is 0 Å². The van der Waals surface area contributed by atoms with Gasteiger partial charge in [-0.05, 0) is 29.8 Å². The quantitative estimate of drug-likeness (QED) is 0.468. The summed E-state index contributed by atoms with van der Waals surface area (Å²) in [7, 11) is 0. The second-order valence-corrected chi connectivity index (χ2v) is 8.38. The number of alkyl halides is 3. The molecule has 0 radical (unpaired) electrons. The topological polar surface area (TPSA) is 88.8 Å². The van der Waals surface area contributed by atoms with E-state index in [2.05, 4.69) is 4.74 Å². The molecule has 0 spiro atoms. The maximum atomic E-state index is 13.1. The molecule has 0 saturated carbocycles. The van der Waals surface area contributed by atoms with Crippen LogP contribution in [0.1, 0.15) is 28.6 Å². The summed E-state index contributed by atoms with van der Waals surface area (Å²) in [6.07, 6.45) is -6.96. The van der Waals surface area contributed by atoms with E-state index in [1.54, 1.807) is 42.5 Å². The van der Waals surface area contributed by atoms with Crippen molar-refractivity contribution in [3.8, 4) is 0 Å². The van der Waals surface area contributed by atoms with Crippen LogP contribution in [0.4, 0.5) is 13.2 Å². The molecule has 190 valence electrons. The van der Waals surface area contributed by atoms with Gasteiger partial charge >= 0.3 is 12.1 Å². The molecular weight excluding hydrogens is 505 g/mol. The van der Waals surface area contributed by atoms with E-state index in [1.807, 2.05) is 0 Å².